The Labute approximate surface area is 114 Å². The van der Waals surface area contributed by atoms with Crippen LogP contribution in [0.3, 0.4) is 0 Å². The minimum absolute atomic E-state index is 0.00985. The lowest BCUT2D eigenvalue weighted by atomic mass is 10.2. The maximum atomic E-state index is 9.15. The van der Waals surface area contributed by atoms with E-state index >= 15 is 0 Å². The zero-order chi connectivity index (χ0) is 12.1. The van der Waals surface area contributed by atoms with E-state index in [2.05, 4.69) is 27.7 Å². The van der Waals surface area contributed by atoms with Crippen molar-refractivity contribution in [1.82, 2.24) is 9.78 Å². The van der Waals surface area contributed by atoms with Gasteiger partial charge in [0.1, 0.15) is 3.70 Å². The van der Waals surface area contributed by atoms with Gasteiger partial charge in [0, 0.05) is 6.61 Å². The fourth-order valence-corrected chi connectivity index (χ4v) is 2.47. The van der Waals surface area contributed by atoms with E-state index in [1.165, 1.54) is 6.42 Å². The summed E-state index contributed by atoms with van der Waals surface area (Å²) >= 11 is 2.14. The Morgan fingerprint density at radius 3 is 3.18 bits per heavy atom. The first-order chi connectivity index (χ1) is 8.29. The number of nitrogens with zero attached hydrogens (tertiary/aromatic N) is 2. The molecule has 0 bridgehead atoms. The van der Waals surface area contributed by atoms with Gasteiger partial charge < -0.3 is 14.6 Å². The molecule has 0 aliphatic carbocycles. The maximum Gasteiger partial charge on any atom is 0.157 e. The molecule has 96 valence electrons. The van der Waals surface area contributed by atoms with Crippen molar-refractivity contribution in [3.05, 3.63) is 15.5 Å². The van der Waals surface area contributed by atoms with Crippen LogP contribution in [0.1, 0.15) is 25.0 Å². The van der Waals surface area contributed by atoms with Crippen LogP contribution >= 0.6 is 22.6 Å². The normalized spacial score (nSPS) is 20.7. The van der Waals surface area contributed by atoms with E-state index in [9.17, 15) is 0 Å². The Hall–Kier alpha value is -0.180. The van der Waals surface area contributed by atoms with Gasteiger partial charge in [0.15, 0.2) is 6.29 Å². The number of hydrogen-bond acceptors (Lipinski definition) is 4. The van der Waals surface area contributed by atoms with Gasteiger partial charge in [-0.25, -0.2) is 0 Å². The molecule has 1 N–H and O–H groups in total. The molecule has 5 nitrogen and oxygen atoms in total. The first kappa shape index (κ1) is 13.3. The molecule has 17 heavy (non-hydrogen) atoms. The molecule has 0 aromatic carbocycles. The third-order valence-corrected chi connectivity index (χ3v) is 3.27. The first-order valence-corrected chi connectivity index (χ1v) is 6.94. The lowest BCUT2D eigenvalue weighted by Gasteiger charge is -2.22. The van der Waals surface area contributed by atoms with E-state index in [1.807, 2.05) is 6.07 Å². The van der Waals surface area contributed by atoms with Gasteiger partial charge in [0.2, 0.25) is 0 Å². The Morgan fingerprint density at radius 2 is 2.47 bits per heavy atom. The molecule has 0 spiro atoms. The predicted molar refractivity (Wildman–Crippen MR) is 70.4 cm³/mol. The van der Waals surface area contributed by atoms with Gasteiger partial charge >= 0.3 is 0 Å². The van der Waals surface area contributed by atoms with E-state index in [1.54, 1.807) is 4.68 Å². The Morgan fingerprint density at radius 1 is 1.59 bits per heavy atom. The molecule has 0 amide bonds. The van der Waals surface area contributed by atoms with Crippen molar-refractivity contribution in [3.63, 3.8) is 0 Å². The van der Waals surface area contributed by atoms with Gasteiger partial charge in [0.25, 0.3) is 0 Å². The number of aromatic nitrogens is 2. The van der Waals surface area contributed by atoms with Crippen molar-refractivity contribution < 1.29 is 14.6 Å². The van der Waals surface area contributed by atoms with Crippen LogP contribution in [0.4, 0.5) is 0 Å². The topological polar surface area (TPSA) is 56.5 Å². The Bertz CT molecular complexity index is 350. The number of aliphatic hydroxyl groups excluding tert-OH is 1. The predicted octanol–water partition coefficient (Wildman–Crippen LogP) is 1.52. The summed E-state index contributed by atoms with van der Waals surface area (Å²) in [5, 5.41) is 13.4. The van der Waals surface area contributed by atoms with Crippen molar-refractivity contribution in [3.8, 4) is 0 Å². The lowest BCUT2D eigenvalue weighted by Crippen LogP contribution is -2.24. The molecule has 0 radical (unpaired) electrons. The summed E-state index contributed by atoms with van der Waals surface area (Å²) in [7, 11) is 0. The monoisotopic (exact) mass is 352 g/mol. The SMILES string of the molecule is OCc1cc(I)nn1CCOC1CCCCO1. The molecule has 0 saturated carbocycles. The van der Waals surface area contributed by atoms with Crippen LogP contribution in [0.5, 0.6) is 0 Å². The quantitative estimate of drug-likeness (QED) is 0.817. The number of halogens is 1. The molecule has 2 rings (SSSR count). The average molecular weight is 352 g/mol. The van der Waals surface area contributed by atoms with Crippen LogP contribution in [-0.2, 0) is 22.6 Å². The van der Waals surface area contributed by atoms with Crippen LogP contribution in [0.15, 0.2) is 6.07 Å². The molecule has 2 heterocycles. The summed E-state index contributed by atoms with van der Waals surface area (Å²) in [4.78, 5) is 0. The number of hydrogen-bond donors (Lipinski definition) is 1. The van der Waals surface area contributed by atoms with E-state index in [4.69, 9.17) is 14.6 Å². The zero-order valence-electron chi connectivity index (χ0n) is 9.64. The second-order valence-corrected chi connectivity index (χ2v) is 5.11. The second-order valence-electron chi connectivity index (χ2n) is 4.01. The minimum atomic E-state index is -0.0593. The lowest BCUT2D eigenvalue weighted by molar-refractivity contribution is -0.163. The van der Waals surface area contributed by atoms with E-state index in [0.29, 0.717) is 13.2 Å². The average Bonchev–Trinajstić information content (AvgIpc) is 2.71. The third-order valence-electron chi connectivity index (χ3n) is 2.74. The molecule has 1 aromatic rings. The van der Waals surface area contributed by atoms with Crippen LogP contribution in [-0.4, -0.2) is 34.4 Å². The van der Waals surface area contributed by atoms with Crippen LogP contribution in [0.25, 0.3) is 0 Å². The van der Waals surface area contributed by atoms with Crippen molar-refractivity contribution in [2.24, 2.45) is 0 Å². The second kappa shape index (κ2) is 6.67. The molecule has 1 fully saturated rings. The van der Waals surface area contributed by atoms with Crippen molar-refractivity contribution >= 4 is 22.6 Å². The summed E-state index contributed by atoms with van der Waals surface area (Å²) in [5.41, 5.74) is 0.822. The maximum absolute atomic E-state index is 9.15. The van der Waals surface area contributed by atoms with E-state index in [0.717, 1.165) is 28.8 Å². The molecule has 6 heteroatoms. The highest BCUT2D eigenvalue weighted by Crippen LogP contribution is 2.14. The minimum Gasteiger partial charge on any atom is -0.390 e. The smallest absolute Gasteiger partial charge is 0.157 e. The summed E-state index contributed by atoms with van der Waals surface area (Å²) < 4.78 is 13.8. The van der Waals surface area contributed by atoms with Gasteiger partial charge in [0.05, 0.1) is 25.5 Å². The third kappa shape index (κ3) is 3.90. The molecule has 1 saturated heterocycles. The fraction of sp³-hybridized carbons (Fsp3) is 0.727. The van der Waals surface area contributed by atoms with Crippen molar-refractivity contribution in [1.29, 1.82) is 0 Å². The van der Waals surface area contributed by atoms with E-state index in [-0.39, 0.29) is 12.9 Å². The summed E-state index contributed by atoms with van der Waals surface area (Å²) in [6, 6.07) is 1.87. The molecular weight excluding hydrogens is 335 g/mol. The Balaban J connectivity index is 1.76. The van der Waals surface area contributed by atoms with Gasteiger partial charge in [-0.05, 0) is 47.9 Å². The standard InChI is InChI=1S/C11H17IN2O3/c12-10-7-9(8-15)14(13-10)4-6-17-11-3-1-2-5-16-11/h7,11,15H,1-6,8H2. The van der Waals surface area contributed by atoms with Crippen LogP contribution in [0, 0.1) is 3.70 Å². The largest absolute Gasteiger partial charge is 0.390 e. The highest BCUT2D eigenvalue weighted by atomic mass is 127. The molecule has 1 atom stereocenters. The number of rotatable bonds is 5. The van der Waals surface area contributed by atoms with E-state index < -0.39 is 0 Å². The first-order valence-electron chi connectivity index (χ1n) is 5.86. The van der Waals surface area contributed by atoms with Gasteiger partial charge in [-0.1, -0.05) is 0 Å². The zero-order valence-corrected chi connectivity index (χ0v) is 11.8. The Kier molecular flexibility index (Phi) is 5.20. The molecule has 1 aromatic heterocycles. The fourth-order valence-electron chi connectivity index (χ4n) is 1.85. The highest BCUT2D eigenvalue weighted by molar-refractivity contribution is 14.1. The van der Waals surface area contributed by atoms with Crippen LogP contribution < -0.4 is 0 Å². The summed E-state index contributed by atoms with van der Waals surface area (Å²) in [5.74, 6) is 0. The number of ether oxygens (including phenoxy) is 2. The van der Waals surface area contributed by atoms with Gasteiger partial charge in [-0.3, -0.25) is 4.68 Å². The summed E-state index contributed by atoms with van der Waals surface area (Å²) in [6.45, 7) is 2.02. The highest BCUT2D eigenvalue weighted by Gasteiger charge is 2.14. The number of aliphatic hydroxyl groups is 1. The molecule has 1 aliphatic heterocycles. The van der Waals surface area contributed by atoms with Gasteiger partial charge in [-0.15, -0.1) is 0 Å². The van der Waals surface area contributed by atoms with Crippen molar-refractivity contribution in [2.45, 2.75) is 38.7 Å². The van der Waals surface area contributed by atoms with Crippen LogP contribution in [0.2, 0.25) is 0 Å². The molecular formula is C11H17IN2O3. The molecule has 1 aliphatic rings. The molecule has 1 unspecified atom stereocenters. The van der Waals surface area contributed by atoms with Gasteiger partial charge in [-0.2, -0.15) is 5.10 Å². The summed E-state index contributed by atoms with van der Waals surface area (Å²) in [6.07, 6.45) is 3.22. The van der Waals surface area contributed by atoms with Crippen molar-refractivity contribution in [2.75, 3.05) is 13.2 Å².